The van der Waals surface area contributed by atoms with Crippen molar-refractivity contribution in [1.29, 1.82) is 0 Å². The van der Waals surface area contributed by atoms with Crippen LogP contribution in [0.5, 0.6) is 0 Å². The molecular formula is C14H28N2O. The standard InChI is InChI=1S/C14H28N2O/c1-10(2)7-12-9-16(11(3)8-15-12)13(17)14(4,5)6/h10-12,15H,7-9H2,1-6H3. The molecule has 0 aromatic rings. The van der Waals surface area contributed by atoms with Crippen molar-refractivity contribution in [1.82, 2.24) is 10.2 Å². The van der Waals surface area contributed by atoms with Gasteiger partial charge in [-0.05, 0) is 19.3 Å². The van der Waals surface area contributed by atoms with Gasteiger partial charge in [-0.1, -0.05) is 34.6 Å². The van der Waals surface area contributed by atoms with E-state index in [2.05, 4.69) is 31.0 Å². The summed E-state index contributed by atoms with van der Waals surface area (Å²) in [7, 11) is 0. The Labute approximate surface area is 106 Å². The summed E-state index contributed by atoms with van der Waals surface area (Å²) in [4.78, 5) is 14.4. The quantitative estimate of drug-likeness (QED) is 0.803. The summed E-state index contributed by atoms with van der Waals surface area (Å²) in [6, 6.07) is 0.766. The van der Waals surface area contributed by atoms with Crippen LogP contribution in [0.15, 0.2) is 0 Å². The zero-order valence-electron chi connectivity index (χ0n) is 12.2. The maximum Gasteiger partial charge on any atom is 0.228 e. The number of hydrogen-bond acceptors (Lipinski definition) is 2. The molecule has 1 aliphatic rings. The van der Waals surface area contributed by atoms with Gasteiger partial charge >= 0.3 is 0 Å². The Morgan fingerprint density at radius 2 is 2.00 bits per heavy atom. The summed E-state index contributed by atoms with van der Waals surface area (Å²) >= 11 is 0. The van der Waals surface area contributed by atoms with E-state index in [4.69, 9.17) is 0 Å². The molecule has 2 unspecified atom stereocenters. The van der Waals surface area contributed by atoms with Crippen LogP contribution in [0.25, 0.3) is 0 Å². The molecule has 0 aromatic carbocycles. The molecule has 0 radical (unpaired) electrons. The molecule has 2 atom stereocenters. The first-order valence-corrected chi connectivity index (χ1v) is 6.76. The van der Waals surface area contributed by atoms with Gasteiger partial charge in [0.25, 0.3) is 0 Å². The summed E-state index contributed by atoms with van der Waals surface area (Å²) in [5.41, 5.74) is -0.270. The average Bonchev–Trinajstić information content (AvgIpc) is 2.18. The number of nitrogens with zero attached hydrogens (tertiary/aromatic N) is 1. The molecule has 1 fully saturated rings. The van der Waals surface area contributed by atoms with Crippen LogP contribution in [-0.4, -0.2) is 36.0 Å². The van der Waals surface area contributed by atoms with Crippen LogP contribution in [0, 0.1) is 11.3 Å². The second kappa shape index (κ2) is 5.38. The molecule has 1 saturated heterocycles. The van der Waals surface area contributed by atoms with Crippen molar-refractivity contribution in [2.24, 2.45) is 11.3 Å². The molecule has 3 heteroatoms. The molecular weight excluding hydrogens is 212 g/mol. The van der Waals surface area contributed by atoms with Crippen molar-refractivity contribution in [3.8, 4) is 0 Å². The molecule has 0 bridgehead atoms. The van der Waals surface area contributed by atoms with Crippen molar-refractivity contribution in [3.63, 3.8) is 0 Å². The molecule has 0 spiro atoms. The van der Waals surface area contributed by atoms with E-state index in [-0.39, 0.29) is 11.3 Å². The van der Waals surface area contributed by atoms with Crippen LogP contribution >= 0.6 is 0 Å². The third kappa shape index (κ3) is 3.98. The Morgan fingerprint density at radius 3 is 2.47 bits per heavy atom. The van der Waals surface area contributed by atoms with Gasteiger partial charge < -0.3 is 10.2 Å². The SMILES string of the molecule is CC(C)CC1CN(C(=O)C(C)(C)C)C(C)CN1. The number of amides is 1. The van der Waals surface area contributed by atoms with E-state index in [1.54, 1.807) is 0 Å². The maximum atomic E-state index is 12.4. The van der Waals surface area contributed by atoms with Gasteiger partial charge in [-0.2, -0.15) is 0 Å². The van der Waals surface area contributed by atoms with Gasteiger partial charge in [-0.15, -0.1) is 0 Å². The minimum Gasteiger partial charge on any atom is -0.337 e. The molecule has 1 amide bonds. The maximum absolute atomic E-state index is 12.4. The predicted octanol–water partition coefficient (Wildman–Crippen LogP) is 2.27. The molecule has 1 heterocycles. The highest BCUT2D eigenvalue weighted by Gasteiger charge is 2.34. The highest BCUT2D eigenvalue weighted by Crippen LogP contribution is 2.22. The van der Waals surface area contributed by atoms with Crippen LogP contribution < -0.4 is 5.32 Å². The van der Waals surface area contributed by atoms with Gasteiger partial charge in [0.2, 0.25) is 5.91 Å². The fourth-order valence-electron chi connectivity index (χ4n) is 2.37. The highest BCUT2D eigenvalue weighted by molar-refractivity contribution is 5.82. The lowest BCUT2D eigenvalue weighted by Gasteiger charge is -2.42. The minimum atomic E-state index is -0.270. The normalized spacial score (nSPS) is 26.4. The van der Waals surface area contributed by atoms with E-state index >= 15 is 0 Å². The lowest BCUT2D eigenvalue weighted by atomic mass is 9.92. The summed E-state index contributed by atoms with van der Waals surface area (Å²) < 4.78 is 0. The second-order valence-corrected chi connectivity index (χ2v) is 6.79. The number of nitrogens with one attached hydrogen (secondary N) is 1. The van der Waals surface area contributed by atoms with Gasteiger partial charge in [-0.25, -0.2) is 0 Å². The largest absolute Gasteiger partial charge is 0.337 e. The first-order chi connectivity index (χ1) is 7.71. The minimum absolute atomic E-state index is 0.270. The topological polar surface area (TPSA) is 32.3 Å². The number of carbonyl (C=O) groups excluding carboxylic acids is 1. The van der Waals surface area contributed by atoms with Gasteiger partial charge in [0.05, 0.1) is 0 Å². The summed E-state index contributed by atoms with van der Waals surface area (Å²) in [5.74, 6) is 0.952. The monoisotopic (exact) mass is 240 g/mol. The summed E-state index contributed by atoms with van der Waals surface area (Å²) in [5, 5.41) is 3.54. The van der Waals surface area contributed by atoms with Crippen LogP contribution in [-0.2, 0) is 4.79 Å². The van der Waals surface area contributed by atoms with Crippen molar-refractivity contribution < 1.29 is 4.79 Å². The van der Waals surface area contributed by atoms with E-state index < -0.39 is 0 Å². The zero-order valence-corrected chi connectivity index (χ0v) is 12.2. The molecule has 1 aliphatic heterocycles. The third-order valence-corrected chi connectivity index (χ3v) is 3.31. The number of hydrogen-bond donors (Lipinski definition) is 1. The van der Waals surface area contributed by atoms with E-state index in [0.717, 1.165) is 19.5 Å². The van der Waals surface area contributed by atoms with Gasteiger partial charge in [0.1, 0.15) is 0 Å². The van der Waals surface area contributed by atoms with E-state index in [9.17, 15) is 4.79 Å². The lowest BCUT2D eigenvalue weighted by Crippen LogP contribution is -2.59. The second-order valence-electron chi connectivity index (χ2n) is 6.79. The van der Waals surface area contributed by atoms with Gasteiger partial charge in [0, 0.05) is 30.6 Å². The van der Waals surface area contributed by atoms with Crippen molar-refractivity contribution >= 4 is 5.91 Å². The van der Waals surface area contributed by atoms with Crippen molar-refractivity contribution in [3.05, 3.63) is 0 Å². The molecule has 0 aliphatic carbocycles. The smallest absolute Gasteiger partial charge is 0.228 e. The van der Waals surface area contributed by atoms with Crippen molar-refractivity contribution in [2.75, 3.05) is 13.1 Å². The molecule has 0 aromatic heterocycles. The molecule has 17 heavy (non-hydrogen) atoms. The Hall–Kier alpha value is -0.570. The molecule has 100 valence electrons. The molecule has 3 nitrogen and oxygen atoms in total. The van der Waals surface area contributed by atoms with Crippen LogP contribution in [0.4, 0.5) is 0 Å². The van der Waals surface area contributed by atoms with E-state index in [1.807, 2.05) is 20.8 Å². The van der Waals surface area contributed by atoms with Gasteiger partial charge in [0.15, 0.2) is 0 Å². The van der Waals surface area contributed by atoms with Crippen LogP contribution in [0.1, 0.15) is 48.0 Å². The third-order valence-electron chi connectivity index (χ3n) is 3.31. The summed E-state index contributed by atoms with van der Waals surface area (Å²) in [6.07, 6.45) is 1.14. The fraction of sp³-hybridized carbons (Fsp3) is 0.929. The number of piperazine rings is 1. The average molecular weight is 240 g/mol. The molecule has 1 N–H and O–H groups in total. The van der Waals surface area contributed by atoms with Crippen LogP contribution in [0.2, 0.25) is 0 Å². The Morgan fingerprint density at radius 1 is 1.41 bits per heavy atom. The molecule has 1 rings (SSSR count). The zero-order chi connectivity index (χ0) is 13.2. The fourth-order valence-corrected chi connectivity index (χ4v) is 2.37. The Kier molecular flexibility index (Phi) is 4.59. The van der Waals surface area contributed by atoms with E-state index in [0.29, 0.717) is 18.0 Å². The Bertz CT molecular complexity index is 268. The first-order valence-electron chi connectivity index (χ1n) is 6.76. The van der Waals surface area contributed by atoms with Crippen molar-refractivity contribution in [2.45, 2.75) is 60.0 Å². The summed E-state index contributed by atoms with van der Waals surface area (Å²) in [6.45, 7) is 14.4. The van der Waals surface area contributed by atoms with E-state index in [1.165, 1.54) is 0 Å². The highest BCUT2D eigenvalue weighted by atomic mass is 16.2. The first kappa shape index (κ1) is 14.5. The van der Waals surface area contributed by atoms with Crippen LogP contribution in [0.3, 0.4) is 0 Å². The number of rotatable bonds is 2. The predicted molar refractivity (Wildman–Crippen MR) is 71.9 cm³/mol. The number of carbonyl (C=O) groups is 1. The Balaban J connectivity index is 2.67. The van der Waals surface area contributed by atoms with Gasteiger partial charge in [-0.3, -0.25) is 4.79 Å². The lowest BCUT2D eigenvalue weighted by molar-refractivity contribution is -0.143. The molecule has 0 saturated carbocycles.